The minimum atomic E-state index is -0.641. The molecule has 0 aliphatic rings. The van der Waals surface area contributed by atoms with Crippen LogP contribution in [-0.4, -0.2) is 32.2 Å². The monoisotopic (exact) mass is 334 g/mol. The third kappa shape index (κ3) is 5.67. The number of nitrogens with one attached hydrogen (secondary N) is 1. The summed E-state index contributed by atoms with van der Waals surface area (Å²) in [5.74, 6) is -0.0974. The maximum absolute atomic E-state index is 12.0. The fourth-order valence-corrected chi connectivity index (χ4v) is 2.39. The van der Waals surface area contributed by atoms with E-state index in [0.29, 0.717) is 6.54 Å². The number of amides is 1. The Morgan fingerprint density at radius 1 is 1.04 bits per heavy atom. The summed E-state index contributed by atoms with van der Waals surface area (Å²) in [5.41, 5.74) is 8.08. The van der Waals surface area contributed by atoms with E-state index in [1.807, 2.05) is 36.4 Å². The van der Waals surface area contributed by atoms with Crippen molar-refractivity contribution in [3.63, 3.8) is 0 Å². The highest BCUT2D eigenvalue weighted by Crippen LogP contribution is 2.23. The lowest BCUT2D eigenvalue weighted by Crippen LogP contribution is -2.44. The Labute approximate surface area is 143 Å². The first-order valence-corrected chi connectivity index (χ1v) is 7.34. The van der Waals surface area contributed by atoms with Gasteiger partial charge in [-0.3, -0.25) is 4.79 Å². The van der Waals surface area contributed by atoms with E-state index in [2.05, 4.69) is 29.6 Å². The van der Waals surface area contributed by atoms with E-state index < -0.39 is 6.04 Å². The van der Waals surface area contributed by atoms with Gasteiger partial charge in [0.1, 0.15) is 6.04 Å². The van der Waals surface area contributed by atoms with Crippen LogP contribution in [0.2, 0.25) is 0 Å². The molecule has 1 atom stereocenters. The van der Waals surface area contributed by atoms with Gasteiger partial charge in [0.2, 0.25) is 5.91 Å². The quantitative estimate of drug-likeness (QED) is 0.816. The van der Waals surface area contributed by atoms with Gasteiger partial charge < -0.3 is 15.8 Å². The molecule has 0 spiro atoms. The van der Waals surface area contributed by atoms with Crippen LogP contribution < -0.4 is 11.1 Å². The van der Waals surface area contributed by atoms with E-state index in [4.69, 9.17) is 10.5 Å². The lowest BCUT2D eigenvalue weighted by Gasteiger charge is -2.20. The van der Waals surface area contributed by atoms with Crippen LogP contribution in [-0.2, 0) is 9.53 Å². The van der Waals surface area contributed by atoms with Gasteiger partial charge in [-0.1, -0.05) is 60.7 Å². The van der Waals surface area contributed by atoms with Gasteiger partial charge in [0, 0.05) is 19.6 Å². The SMILES string of the molecule is COCC(N)C(=O)NCC(c1ccccc1)c1ccccc1.Cl. The van der Waals surface area contributed by atoms with Crippen LogP contribution in [0.4, 0.5) is 0 Å². The Morgan fingerprint density at radius 2 is 1.52 bits per heavy atom. The van der Waals surface area contributed by atoms with Crippen LogP contribution >= 0.6 is 12.4 Å². The summed E-state index contributed by atoms with van der Waals surface area (Å²) in [5, 5.41) is 2.92. The first-order chi connectivity index (χ1) is 10.7. The first kappa shape index (κ1) is 19.2. The highest BCUT2D eigenvalue weighted by Gasteiger charge is 2.18. The first-order valence-electron chi connectivity index (χ1n) is 7.34. The van der Waals surface area contributed by atoms with Crippen LogP contribution in [0.1, 0.15) is 17.0 Å². The lowest BCUT2D eigenvalue weighted by atomic mass is 9.91. The number of benzene rings is 2. The third-order valence-electron chi connectivity index (χ3n) is 3.57. The lowest BCUT2D eigenvalue weighted by molar-refractivity contribution is -0.123. The number of hydrogen-bond donors (Lipinski definition) is 2. The summed E-state index contributed by atoms with van der Waals surface area (Å²) >= 11 is 0. The number of nitrogens with two attached hydrogens (primary N) is 1. The zero-order valence-corrected chi connectivity index (χ0v) is 14.0. The van der Waals surface area contributed by atoms with Gasteiger partial charge in [0.15, 0.2) is 0 Å². The molecule has 5 heteroatoms. The minimum absolute atomic E-state index is 0. The molecule has 1 amide bonds. The standard InChI is InChI=1S/C18H22N2O2.ClH/c1-22-13-17(19)18(21)20-12-16(14-8-4-2-5-9-14)15-10-6-3-7-11-15;/h2-11,16-17H,12-13,19H2,1H3,(H,20,21);1H. The minimum Gasteiger partial charge on any atom is -0.383 e. The fraction of sp³-hybridized carbons (Fsp3) is 0.278. The van der Waals surface area contributed by atoms with Gasteiger partial charge in [-0.25, -0.2) is 0 Å². The zero-order valence-electron chi connectivity index (χ0n) is 13.1. The molecule has 0 saturated carbocycles. The maximum atomic E-state index is 12.0. The molecule has 2 aromatic carbocycles. The summed E-state index contributed by atoms with van der Waals surface area (Å²) in [6.45, 7) is 0.720. The van der Waals surface area contributed by atoms with Crippen LogP contribution in [0.25, 0.3) is 0 Å². The van der Waals surface area contributed by atoms with Crippen molar-refractivity contribution >= 4 is 18.3 Å². The van der Waals surface area contributed by atoms with E-state index in [1.165, 1.54) is 7.11 Å². The van der Waals surface area contributed by atoms with Gasteiger partial charge in [0.25, 0.3) is 0 Å². The Bertz CT molecular complexity index is 539. The number of halogens is 1. The maximum Gasteiger partial charge on any atom is 0.239 e. The van der Waals surface area contributed by atoms with E-state index in [-0.39, 0.29) is 30.8 Å². The predicted octanol–water partition coefficient (Wildman–Crippen LogP) is 2.33. The van der Waals surface area contributed by atoms with E-state index in [9.17, 15) is 4.79 Å². The molecular formula is C18H23ClN2O2. The van der Waals surface area contributed by atoms with Crippen LogP contribution in [0.15, 0.2) is 60.7 Å². The molecule has 23 heavy (non-hydrogen) atoms. The van der Waals surface area contributed by atoms with Crippen molar-refractivity contribution in [3.05, 3.63) is 71.8 Å². The number of carbonyl (C=O) groups excluding carboxylic acids is 1. The average molecular weight is 335 g/mol. The molecule has 0 aliphatic heterocycles. The molecule has 2 rings (SSSR count). The van der Waals surface area contributed by atoms with E-state index >= 15 is 0 Å². The van der Waals surface area contributed by atoms with Crippen molar-refractivity contribution in [3.8, 4) is 0 Å². The molecule has 0 aliphatic carbocycles. The van der Waals surface area contributed by atoms with Gasteiger partial charge in [0.05, 0.1) is 6.61 Å². The molecule has 0 radical (unpaired) electrons. The topological polar surface area (TPSA) is 64.3 Å². The largest absolute Gasteiger partial charge is 0.383 e. The second-order valence-electron chi connectivity index (χ2n) is 5.18. The highest BCUT2D eigenvalue weighted by atomic mass is 35.5. The van der Waals surface area contributed by atoms with Gasteiger partial charge in [-0.15, -0.1) is 12.4 Å². The predicted molar refractivity (Wildman–Crippen MR) is 94.8 cm³/mol. The van der Waals surface area contributed by atoms with Crippen LogP contribution in [0.5, 0.6) is 0 Å². The molecule has 3 N–H and O–H groups in total. The van der Waals surface area contributed by atoms with Crippen molar-refractivity contribution in [1.82, 2.24) is 5.32 Å². The number of ether oxygens (including phenoxy) is 1. The summed E-state index contributed by atoms with van der Waals surface area (Å²) in [7, 11) is 1.53. The van der Waals surface area contributed by atoms with E-state index in [1.54, 1.807) is 0 Å². The van der Waals surface area contributed by atoms with Gasteiger partial charge in [-0.2, -0.15) is 0 Å². The van der Waals surface area contributed by atoms with Gasteiger partial charge >= 0.3 is 0 Å². The van der Waals surface area contributed by atoms with Crippen molar-refractivity contribution in [1.29, 1.82) is 0 Å². The Hall–Kier alpha value is -1.88. The summed E-state index contributed by atoms with van der Waals surface area (Å²) in [4.78, 5) is 12.0. The van der Waals surface area contributed by atoms with Crippen molar-refractivity contribution in [2.24, 2.45) is 5.73 Å². The third-order valence-corrected chi connectivity index (χ3v) is 3.57. The van der Waals surface area contributed by atoms with Gasteiger partial charge in [-0.05, 0) is 11.1 Å². The Kier molecular flexibility index (Phi) is 8.33. The molecular weight excluding hydrogens is 312 g/mol. The number of rotatable bonds is 7. The number of carbonyl (C=O) groups is 1. The molecule has 0 heterocycles. The zero-order chi connectivity index (χ0) is 15.8. The van der Waals surface area contributed by atoms with E-state index in [0.717, 1.165) is 11.1 Å². The van der Waals surface area contributed by atoms with Crippen molar-refractivity contribution < 1.29 is 9.53 Å². The summed E-state index contributed by atoms with van der Waals surface area (Å²) < 4.78 is 4.92. The molecule has 0 saturated heterocycles. The highest BCUT2D eigenvalue weighted by molar-refractivity contribution is 5.85. The van der Waals surface area contributed by atoms with Crippen LogP contribution in [0.3, 0.4) is 0 Å². The van der Waals surface area contributed by atoms with Crippen molar-refractivity contribution in [2.45, 2.75) is 12.0 Å². The number of methoxy groups -OCH3 is 1. The second kappa shape index (κ2) is 10.0. The fourth-order valence-electron chi connectivity index (χ4n) is 2.39. The summed E-state index contributed by atoms with van der Waals surface area (Å²) in [6.07, 6.45) is 0. The second-order valence-corrected chi connectivity index (χ2v) is 5.18. The molecule has 1 unspecified atom stereocenters. The molecule has 124 valence electrons. The molecule has 0 bridgehead atoms. The molecule has 0 aromatic heterocycles. The van der Waals surface area contributed by atoms with Crippen LogP contribution in [0, 0.1) is 0 Å². The average Bonchev–Trinajstić information content (AvgIpc) is 2.57. The smallest absolute Gasteiger partial charge is 0.239 e. The molecule has 0 fully saturated rings. The molecule has 2 aromatic rings. The number of hydrogen-bond acceptors (Lipinski definition) is 3. The summed E-state index contributed by atoms with van der Waals surface area (Å²) in [6, 6.07) is 19.6. The van der Waals surface area contributed by atoms with Crippen molar-refractivity contribution in [2.75, 3.05) is 20.3 Å². The Balaban J connectivity index is 0.00000264. The molecule has 4 nitrogen and oxygen atoms in total. The Morgan fingerprint density at radius 3 is 1.96 bits per heavy atom. The normalized spacial score (nSPS) is 11.6.